The van der Waals surface area contributed by atoms with Crippen molar-refractivity contribution in [2.45, 2.75) is 12.8 Å². The number of anilines is 2. The van der Waals surface area contributed by atoms with Crippen molar-refractivity contribution in [3.8, 4) is 5.88 Å². The molecule has 0 bridgehead atoms. The SMILES string of the molecule is COc1cnc2ccc(Nc3c(F)ccc(CCCNS(=O)O)c3F)c(C=O)c2n1. The van der Waals surface area contributed by atoms with Crippen LogP contribution < -0.4 is 14.8 Å². The first-order valence-electron chi connectivity index (χ1n) is 8.81. The summed E-state index contributed by atoms with van der Waals surface area (Å²) in [6.45, 7) is 0.184. The molecule has 1 heterocycles. The predicted octanol–water partition coefficient (Wildman–Crippen LogP) is 3.13. The molecule has 1 unspecified atom stereocenters. The smallest absolute Gasteiger partial charge is 0.232 e. The molecule has 158 valence electrons. The summed E-state index contributed by atoms with van der Waals surface area (Å²) in [6, 6.07) is 5.47. The number of benzene rings is 2. The summed E-state index contributed by atoms with van der Waals surface area (Å²) in [5.74, 6) is -1.45. The van der Waals surface area contributed by atoms with Gasteiger partial charge < -0.3 is 10.1 Å². The highest BCUT2D eigenvalue weighted by molar-refractivity contribution is 7.77. The molecule has 0 radical (unpaired) electrons. The van der Waals surface area contributed by atoms with Gasteiger partial charge in [0.05, 0.1) is 30.1 Å². The Morgan fingerprint density at radius 3 is 2.77 bits per heavy atom. The molecule has 0 amide bonds. The van der Waals surface area contributed by atoms with E-state index < -0.39 is 28.6 Å². The van der Waals surface area contributed by atoms with Crippen molar-refractivity contribution in [2.75, 3.05) is 19.0 Å². The first-order chi connectivity index (χ1) is 14.4. The van der Waals surface area contributed by atoms with Crippen molar-refractivity contribution < 1.29 is 27.1 Å². The lowest BCUT2D eigenvalue weighted by molar-refractivity contribution is 0.112. The molecule has 11 heteroatoms. The summed E-state index contributed by atoms with van der Waals surface area (Å²) < 4.78 is 55.9. The van der Waals surface area contributed by atoms with Crippen molar-refractivity contribution in [3.05, 3.63) is 53.2 Å². The third kappa shape index (κ3) is 4.75. The monoisotopic (exact) mass is 436 g/mol. The number of carbonyl (C=O) groups is 1. The second-order valence-electron chi connectivity index (χ2n) is 6.19. The van der Waals surface area contributed by atoms with E-state index in [1.54, 1.807) is 6.07 Å². The van der Waals surface area contributed by atoms with E-state index >= 15 is 0 Å². The van der Waals surface area contributed by atoms with E-state index in [-0.39, 0.29) is 41.2 Å². The zero-order chi connectivity index (χ0) is 21.7. The summed E-state index contributed by atoms with van der Waals surface area (Å²) in [5, 5.41) is 2.64. The van der Waals surface area contributed by atoms with Crippen LogP contribution in [0.2, 0.25) is 0 Å². The number of nitrogens with zero attached hydrogens (tertiary/aromatic N) is 2. The van der Waals surface area contributed by atoms with Gasteiger partial charge in [0.2, 0.25) is 17.1 Å². The second kappa shape index (κ2) is 9.65. The van der Waals surface area contributed by atoms with E-state index in [2.05, 4.69) is 20.0 Å². The summed E-state index contributed by atoms with van der Waals surface area (Å²) in [5.41, 5.74) is 0.704. The number of hydrogen-bond acceptors (Lipinski definition) is 6. The summed E-state index contributed by atoms with van der Waals surface area (Å²) in [7, 11) is 1.41. The average molecular weight is 436 g/mol. The van der Waals surface area contributed by atoms with Crippen LogP contribution in [0.5, 0.6) is 5.88 Å². The Kier molecular flexibility index (Phi) is 6.98. The van der Waals surface area contributed by atoms with Crippen molar-refractivity contribution in [1.29, 1.82) is 0 Å². The molecule has 0 aliphatic carbocycles. The molecule has 8 nitrogen and oxygen atoms in total. The zero-order valence-electron chi connectivity index (χ0n) is 15.8. The van der Waals surface area contributed by atoms with Gasteiger partial charge in [0.25, 0.3) is 0 Å². The van der Waals surface area contributed by atoms with Crippen LogP contribution in [-0.4, -0.2) is 38.7 Å². The largest absolute Gasteiger partial charge is 0.480 e. The third-order valence-corrected chi connectivity index (χ3v) is 4.79. The molecule has 1 aromatic heterocycles. The molecule has 0 saturated carbocycles. The van der Waals surface area contributed by atoms with E-state index in [0.29, 0.717) is 18.2 Å². The van der Waals surface area contributed by atoms with Gasteiger partial charge in [-0.1, -0.05) is 6.07 Å². The lowest BCUT2D eigenvalue weighted by Crippen LogP contribution is -2.18. The molecule has 3 aromatic rings. The second-order valence-corrected chi connectivity index (χ2v) is 6.98. The van der Waals surface area contributed by atoms with E-state index in [4.69, 9.17) is 9.29 Å². The Hall–Kier alpha value is -3.02. The Morgan fingerprint density at radius 2 is 2.07 bits per heavy atom. The van der Waals surface area contributed by atoms with Crippen LogP contribution in [0.1, 0.15) is 22.3 Å². The highest BCUT2D eigenvalue weighted by atomic mass is 32.2. The first-order valence-corrected chi connectivity index (χ1v) is 9.92. The molecule has 0 saturated heterocycles. The van der Waals surface area contributed by atoms with Gasteiger partial charge in [-0.25, -0.2) is 27.7 Å². The molecule has 0 aliphatic heterocycles. The third-order valence-electron chi connectivity index (χ3n) is 4.34. The van der Waals surface area contributed by atoms with Crippen LogP contribution >= 0.6 is 0 Å². The van der Waals surface area contributed by atoms with Crippen LogP contribution in [0.25, 0.3) is 11.0 Å². The Bertz CT molecular complexity index is 1110. The fourth-order valence-corrected chi connectivity index (χ4v) is 3.20. The normalized spacial score (nSPS) is 12.0. The number of hydrogen-bond donors (Lipinski definition) is 3. The number of fused-ring (bicyclic) bond motifs is 1. The molecule has 1 atom stereocenters. The molecule has 30 heavy (non-hydrogen) atoms. The standard InChI is InChI=1S/C19H18F2N4O4S/c1-29-16-9-22-15-7-6-14(12(10-26)18(15)25-16)24-19-13(20)5-4-11(17(19)21)3-2-8-23-30(27)28/h4-7,9-10,23-24H,2-3,8H2,1H3,(H,27,28). The van der Waals surface area contributed by atoms with E-state index in [0.717, 1.165) is 6.07 Å². The minimum absolute atomic E-state index is 0.0812. The Balaban J connectivity index is 1.93. The van der Waals surface area contributed by atoms with Gasteiger partial charge in [0, 0.05) is 6.54 Å². The molecule has 2 aromatic carbocycles. The molecule has 0 fully saturated rings. The molecule has 3 N–H and O–H groups in total. The van der Waals surface area contributed by atoms with Crippen LogP contribution in [0, 0.1) is 11.6 Å². The maximum absolute atomic E-state index is 14.9. The average Bonchev–Trinajstić information content (AvgIpc) is 2.74. The molecule has 0 spiro atoms. The first kappa shape index (κ1) is 21.7. The molecule has 0 aliphatic rings. The van der Waals surface area contributed by atoms with Crippen molar-refractivity contribution in [3.63, 3.8) is 0 Å². The predicted molar refractivity (Wildman–Crippen MR) is 108 cm³/mol. The Labute approximate surface area is 173 Å². The fraction of sp³-hybridized carbons (Fsp3) is 0.211. The topological polar surface area (TPSA) is 113 Å². The van der Waals surface area contributed by atoms with Crippen molar-refractivity contribution in [1.82, 2.24) is 14.7 Å². The van der Waals surface area contributed by atoms with Crippen molar-refractivity contribution in [2.24, 2.45) is 0 Å². The number of halogens is 2. The highest BCUT2D eigenvalue weighted by Crippen LogP contribution is 2.30. The summed E-state index contributed by atoms with van der Waals surface area (Å²) >= 11 is -2.15. The van der Waals surface area contributed by atoms with Crippen LogP contribution in [-0.2, 0) is 17.7 Å². The van der Waals surface area contributed by atoms with E-state index in [1.165, 1.54) is 25.4 Å². The minimum atomic E-state index is -2.15. The fourth-order valence-electron chi connectivity index (χ4n) is 2.88. The highest BCUT2D eigenvalue weighted by Gasteiger charge is 2.17. The lowest BCUT2D eigenvalue weighted by atomic mass is 10.1. The number of ether oxygens (including phenoxy) is 1. The number of aryl methyl sites for hydroxylation is 1. The maximum Gasteiger partial charge on any atom is 0.232 e. The van der Waals surface area contributed by atoms with Gasteiger partial charge >= 0.3 is 0 Å². The number of nitrogens with one attached hydrogen (secondary N) is 2. The maximum atomic E-state index is 14.9. The van der Waals surface area contributed by atoms with Crippen LogP contribution in [0.4, 0.5) is 20.2 Å². The quantitative estimate of drug-likeness (QED) is 0.268. The summed E-state index contributed by atoms with van der Waals surface area (Å²) in [4.78, 5) is 20.1. The van der Waals surface area contributed by atoms with Crippen LogP contribution in [0.15, 0.2) is 30.5 Å². The van der Waals surface area contributed by atoms with Gasteiger partial charge in [-0.15, -0.1) is 0 Å². The molecular formula is C19H18F2N4O4S. The van der Waals surface area contributed by atoms with Gasteiger partial charge in [0.15, 0.2) is 12.1 Å². The number of methoxy groups -OCH3 is 1. The Morgan fingerprint density at radius 1 is 1.27 bits per heavy atom. The van der Waals surface area contributed by atoms with E-state index in [1.807, 2.05) is 0 Å². The van der Waals surface area contributed by atoms with Crippen LogP contribution in [0.3, 0.4) is 0 Å². The number of carbonyl (C=O) groups excluding carboxylic acids is 1. The van der Waals surface area contributed by atoms with Gasteiger partial charge in [-0.05, 0) is 36.6 Å². The molecular weight excluding hydrogens is 418 g/mol. The zero-order valence-corrected chi connectivity index (χ0v) is 16.6. The van der Waals surface area contributed by atoms with Gasteiger partial charge in [-0.3, -0.25) is 9.35 Å². The summed E-state index contributed by atoms with van der Waals surface area (Å²) in [6.07, 6.45) is 2.50. The molecule has 3 rings (SSSR count). The number of rotatable bonds is 9. The van der Waals surface area contributed by atoms with E-state index in [9.17, 15) is 17.8 Å². The van der Waals surface area contributed by atoms with Gasteiger partial charge in [-0.2, -0.15) is 0 Å². The number of aromatic nitrogens is 2. The number of aldehydes is 1. The van der Waals surface area contributed by atoms with Gasteiger partial charge in [0.1, 0.15) is 17.0 Å². The lowest BCUT2D eigenvalue weighted by Gasteiger charge is -2.14. The minimum Gasteiger partial charge on any atom is -0.480 e. The van der Waals surface area contributed by atoms with Crippen molar-refractivity contribution >= 4 is 40.0 Å².